The molecular weight excluding hydrogens is 734 g/mol. The van der Waals surface area contributed by atoms with E-state index >= 15 is 0 Å². The van der Waals surface area contributed by atoms with Gasteiger partial charge in [0.15, 0.2) is 0 Å². The molecule has 0 fully saturated rings. The van der Waals surface area contributed by atoms with Crippen LogP contribution in [0.4, 0.5) is 114 Å². The first kappa shape index (κ1) is 41.0. The Morgan fingerprint density at radius 3 is 0.739 bits per heavy atom. The molecule has 0 atom stereocenters. The molecule has 0 aliphatic rings. The van der Waals surface area contributed by atoms with Crippen molar-refractivity contribution in [2.75, 3.05) is 0 Å². The largest absolute Gasteiger partial charge is 0.460 e. The third-order valence-corrected chi connectivity index (χ3v) is 5.69. The predicted molar refractivity (Wildman–Crippen MR) is 93.9 cm³/mol. The van der Waals surface area contributed by atoms with E-state index in [0.29, 0.717) is 5.92 Å². The van der Waals surface area contributed by atoms with Crippen LogP contribution in [-0.2, 0) is 11.8 Å². The molecule has 0 amide bonds. The van der Waals surface area contributed by atoms with E-state index < -0.39 is 106 Å². The van der Waals surface area contributed by atoms with Crippen molar-refractivity contribution < 1.29 is 114 Å². The Bertz CT molecular complexity index is 1240. The van der Waals surface area contributed by atoms with Crippen LogP contribution in [-0.4, -0.2) is 59.7 Å². The number of terminal acetylenes is 1. The molecule has 0 saturated carbocycles. The van der Waals surface area contributed by atoms with E-state index in [1.807, 2.05) is 0 Å². The fourth-order valence-electron chi connectivity index (χ4n) is 2.98. The molecule has 0 nitrogen and oxygen atoms in total. The minimum atomic E-state index is -8.65. The van der Waals surface area contributed by atoms with Crippen LogP contribution < -0.4 is 0 Å². The number of halogens is 26. The molecular formula is C20H4F26. The van der Waals surface area contributed by atoms with Crippen molar-refractivity contribution in [3.63, 3.8) is 0 Å². The fraction of sp³-hybridized carbons (Fsp3) is 0.600. The van der Waals surface area contributed by atoms with Crippen LogP contribution in [0.15, 0.2) is 18.2 Å². The van der Waals surface area contributed by atoms with Gasteiger partial charge in [0, 0.05) is 16.7 Å². The van der Waals surface area contributed by atoms with Gasteiger partial charge in [-0.2, -0.15) is 114 Å². The molecule has 0 aliphatic carbocycles. The molecule has 0 heterocycles. The lowest BCUT2D eigenvalue weighted by atomic mass is 9.86. The number of alkyl halides is 26. The summed E-state index contributed by atoms with van der Waals surface area (Å²) < 4.78 is 348. The first-order valence-electron chi connectivity index (χ1n) is 10.2. The van der Waals surface area contributed by atoms with Crippen molar-refractivity contribution in [1.82, 2.24) is 0 Å². The van der Waals surface area contributed by atoms with Gasteiger partial charge in [-0.15, -0.1) is 6.42 Å². The van der Waals surface area contributed by atoms with Gasteiger partial charge in [-0.25, -0.2) is 0 Å². The van der Waals surface area contributed by atoms with Gasteiger partial charge in [-0.3, -0.25) is 0 Å². The van der Waals surface area contributed by atoms with Crippen LogP contribution in [0.5, 0.6) is 0 Å². The highest BCUT2D eigenvalue weighted by Crippen LogP contribution is 2.64. The molecule has 0 unspecified atom stereocenters. The minimum Gasteiger partial charge on any atom is -0.194 e. The van der Waals surface area contributed by atoms with E-state index in [9.17, 15) is 114 Å². The standard InChI is InChI=1S/C20H4F26/c1-2-6-3-7(9(21,22)11(25,26)13(29,30)15(33,34)17(37,38)19(41,42)43)5-8(4-6)10(23,24)12(27,28)14(31,32)16(35,36)18(39,40)20(44,45)46/h1,3-5H. The Morgan fingerprint density at radius 2 is 0.543 bits per heavy atom. The van der Waals surface area contributed by atoms with E-state index in [1.54, 1.807) is 0 Å². The van der Waals surface area contributed by atoms with E-state index in [1.165, 1.54) is 0 Å². The topological polar surface area (TPSA) is 0 Å². The number of hydrogen-bond acceptors (Lipinski definition) is 0. The van der Waals surface area contributed by atoms with Crippen LogP contribution in [0.2, 0.25) is 0 Å². The van der Waals surface area contributed by atoms with Crippen LogP contribution in [0, 0.1) is 12.3 Å². The summed E-state index contributed by atoms with van der Waals surface area (Å²) in [5.74, 6) is -82.4. The highest BCUT2D eigenvalue weighted by atomic mass is 19.4. The minimum absolute atomic E-state index is 0.716. The second-order valence-corrected chi connectivity index (χ2v) is 8.68. The Balaban J connectivity index is 4.07. The number of benzene rings is 1. The quantitative estimate of drug-likeness (QED) is 0.166. The summed E-state index contributed by atoms with van der Waals surface area (Å²) in [5.41, 5.74) is -9.47. The zero-order valence-corrected chi connectivity index (χ0v) is 20.1. The van der Waals surface area contributed by atoms with Crippen LogP contribution in [0.25, 0.3) is 0 Å². The predicted octanol–water partition coefficient (Wildman–Crippen LogP) is 10.1. The molecule has 0 aliphatic heterocycles. The van der Waals surface area contributed by atoms with Crippen molar-refractivity contribution in [3.8, 4) is 12.3 Å². The number of rotatable bonds is 10. The van der Waals surface area contributed by atoms with Crippen molar-refractivity contribution >= 4 is 0 Å². The molecule has 266 valence electrons. The Hall–Kier alpha value is -3.04. The maximum absolute atomic E-state index is 14.5. The second kappa shape index (κ2) is 10.5. The lowest BCUT2D eigenvalue weighted by molar-refractivity contribution is -0.442. The zero-order chi connectivity index (χ0) is 37.6. The zero-order valence-electron chi connectivity index (χ0n) is 20.1. The van der Waals surface area contributed by atoms with Gasteiger partial charge >= 0.3 is 71.6 Å². The molecule has 0 saturated heterocycles. The van der Waals surface area contributed by atoms with Gasteiger partial charge in [0.05, 0.1) is 0 Å². The molecule has 1 aromatic carbocycles. The summed E-state index contributed by atoms with van der Waals surface area (Å²) in [6.45, 7) is 0. The normalized spacial score (nSPS) is 16.0. The van der Waals surface area contributed by atoms with Gasteiger partial charge in [0.1, 0.15) is 0 Å². The average Bonchev–Trinajstić information content (AvgIpc) is 2.85. The summed E-state index contributed by atoms with van der Waals surface area (Å²) in [6.07, 6.45) is -11.4. The fourth-order valence-corrected chi connectivity index (χ4v) is 2.98. The van der Waals surface area contributed by atoms with Crippen molar-refractivity contribution in [1.29, 1.82) is 0 Å². The van der Waals surface area contributed by atoms with E-state index in [4.69, 9.17) is 0 Å². The average molecular weight is 738 g/mol. The van der Waals surface area contributed by atoms with Crippen LogP contribution >= 0.6 is 0 Å². The Kier molecular flexibility index (Phi) is 9.34. The third kappa shape index (κ3) is 5.13. The molecule has 1 rings (SSSR count). The molecule has 0 radical (unpaired) electrons. The van der Waals surface area contributed by atoms with Gasteiger partial charge in [-0.05, 0) is 18.2 Å². The van der Waals surface area contributed by atoms with E-state index in [2.05, 4.69) is 6.42 Å². The van der Waals surface area contributed by atoms with E-state index in [-0.39, 0.29) is 0 Å². The maximum atomic E-state index is 14.5. The first-order chi connectivity index (χ1) is 19.6. The highest BCUT2D eigenvalue weighted by Gasteiger charge is 2.92. The summed E-state index contributed by atoms with van der Waals surface area (Å²) in [4.78, 5) is 0. The first-order valence-corrected chi connectivity index (χ1v) is 10.2. The van der Waals surface area contributed by atoms with Crippen LogP contribution in [0.3, 0.4) is 0 Å². The lowest BCUT2D eigenvalue weighted by Gasteiger charge is -2.40. The van der Waals surface area contributed by atoms with Gasteiger partial charge in [-0.1, -0.05) is 5.92 Å². The Labute approximate surface area is 234 Å². The molecule has 26 heteroatoms. The van der Waals surface area contributed by atoms with Gasteiger partial charge in [0.2, 0.25) is 0 Å². The molecule has 0 aromatic heterocycles. The van der Waals surface area contributed by atoms with Gasteiger partial charge in [0.25, 0.3) is 0 Å². The molecule has 0 bridgehead atoms. The number of hydrogen-bond donors (Lipinski definition) is 0. The third-order valence-electron chi connectivity index (χ3n) is 5.69. The molecule has 46 heavy (non-hydrogen) atoms. The summed E-state index contributed by atoms with van der Waals surface area (Å²) in [6, 6.07) is -4.09. The highest BCUT2D eigenvalue weighted by molar-refractivity contribution is 5.44. The molecule has 1 aromatic rings. The summed E-state index contributed by atoms with van der Waals surface area (Å²) in [7, 11) is 0. The van der Waals surface area contributed by atoms with Crippen molar-refractivity contribution in [3.05, 3.63) is 34.9 Å². The van der Waals surface area contributed by atoms with E-state index in [0.717, 1.165) is 0 Å². The maximum Gasteiger partial charge on any atom is 0.460 e. The second-order valence-electron chi connectivity index (χ2n) is 8.68. The Morgan fingerprint density at radius 1 is 0.326 bits per heavy atom. The molecule has 0 N–H and O–H groups in total. The smallest absolute Gasteiger partial charge is 0.194 e. The lowest BCUT2D eigenvalue weighted by Crippen LogP contribution is -2.69. The monoisotopic (exact) mass is 738 g/mol. The summed E-state index contributed by atoms with van der Waals surface area (Å²) >= 11 is 0. The summed E-state index contributed by atoms with van der Waals surface area (Å²) in [5, 5.41) is 0. The van der Waals surface area contributed by atoms with Crippen LogP contribution in [0.1, 0.15) is 16.7 Å². The SMILES string of the molecule is C#Cc1cc(C(F)(F)C(F)(F)C(F)(F)C(F)(F)C(F)(F)C(F)(F)F)cc(C(F)(F)C(F)(F)C(F)(F)C(F)(F)C(F)(F)C(F)(F)F)c1. The van der Waals surface area contributed by atoms with Crippen molar-refractivity contribution in [2.45, 2.75) is 71.6 Å². The van der Waals surface area contributed by atoms with Gasteiger partial charge < -0.3 is 0 Å². The van der Waals surface area contributed by atoms with Crippen molar-refractivity contribution in [2.24, 2.45) is 0 Å². The molecule has 0 spiro atoms.